The lowest BCUT2D eigenvalue weighted by molar-refractivity contribution is 0.919. The second-order valence-electron chi connectivity index (χ2n) is 5.15. The Morgan fingerprint density at radius 1 is 1.11 bits per heavy atom. The van der Waals surface area contributed by atoms with Gasteiger partial charge < -0.3 is 4.90 Å². The van der Waals surface area contributed by atoms with Gasteiger partial charge in [-0.25, -0.2) is 9.97 Å². The van der Waals surface area contributed by atoms with Gasteiger partial charge in [0.1, 0.15) is 10.4 Å². The molecule has 2 aromatic rings. The monoisotopic (exact) mass is 317 g/mol. The van der Waals surface area contributed by atoms with E-state index in [1.807, 2.05) is 20.2 Å². The Balaban J connectivity index is 1.96. The highest BCUT2D eigenvalue weighted by Gasteiger charge is 2.27. The molecule has 0 spiro atoms. The summed E-state index contributed by atoms with van der Waals surface area (Å²) >= 11 is 3.48. The molecule has 1 aromatic carbocycles. The molecule has 1 aliphatic rings. The highest BCUT2D eigenvalue weighted by atomic mass is 79.9. The molecule has 3 rings (SSSR count). The van der Waals surface area contributed by atoms with E-state index in [1.165, 1.54) is 18.5 Å². The number of hydrogen-bond donors (Lipinski definition) is 0. The Hall–Kier alpha value is -1.42. The third kappa shape index (κ3) is 2.78. The smallest absolute Gasteiger partial charge is 0.133 e. The van der Waals surface area contributed by atoms with Crippen molar-refractivity contribution in [3.63, 3.8) is 0 Å². The van der Waals surface area contributed by atoms with Crippen LogP contribution in [0.15, 0.2) is 34.9 Å². The summed E-state index contributed by atoms with van der Waals surface area (Å²) in [6, 6.07) is 10.4. The Bertz CT molecular complexity index is 589. The highest BCUT2D eigenvalue weighted by Crippen LogP contribution is 2.39. The SMILES string of the molecule is CN(C)c1ccc(-c2cc(Br)nc(C3CC3)n2)cc1. The summed E-state index contributed by atoms with van der Waals surface area (Å²) in [5, 5.41) is 0. The van der Waals surface area contributed by atoms with Crippen LogP contribution in [0.3, 0.4) is 0 Å². The first-order valence-corrected chi connectivity index (χ1v) is 7.25. The summed E-state index contributed by atoms with van der Waals surface area (Å²) < 4.78 is 0.871. The van der Waals surface area contributed by atoms with Gasteiger partial charge in [-0.05, 0) is 47.0 Å². The van der Waals surface area contributed by atoms with Crippen molar-refractivity contribution < 1.29 is 0 Å². The van der Waals surface area contributed by atoms with Crippen LogP contribution < -0.4 is 4.90 Å². The normalized spacial score (nSPS) is 14.5. The van der Waals surface area contributed by atoms with Crippen LogP contribution >= 0.6 is 15.9 Å². The number of rotatable bonds is 3. The fraction of sp³-hybridized carbons (Fsp3) is 0.333. The fourth-order valence-corrected chi connectivity index (χ4v) is 2.44. The minimum Gasteiger partial charge on any atom is -0.378 e. The van der Waals surface area contributed by atoms with Crippen LogP contribution in [0.2, 0.25) is 0 Å². The molecular weight excluding hydrogens is 302 g/mol. The van der Waals surface area contributed by atoms with Crippen molar-refractivity contribution in [2.45, 2.75) is 18.8 Å². The summed E-state index contributed by atoms with van der Waals surface area (Å²) in [5.41, 5.74) is 3.32. The topological polar surface area (TPSA) is 29.0 Å². The van der Waals surface area contributed by atoms with Crippen LogP contribution in [0, 0.1) is 0 Å². The molecule has 0 unspecified atom stereocenters. The molecule has 0 radical (unpaired) electrons. The van der Waals surface area contributed by atoms with E-state index >= 15 is 0 Å². The van der Waals surface area contributed by atoms with Crippen LogP contribution in [-0.4, -0.2) is 24.1 Å². The number of aromatic nitrogens is 2. The molecule has 1 aliphatic carbocycles. The van der Waals surface area contributed by atoms with Crippen molar-refractivity contribution >= 4 is 21.6 Å². The number of halogens is 1. The van der Waals surface area contributed by atoms with E-state index in [-0.39, 0.29) is 0 Å². The van der Waals surface area contributed by atoms with Crippen molar-refractivity contribution in [1.82, 2.24) is 9.97 Å². The maximum absolute atomic E-state index is 4.69. The molecule has 19 heavy (non-hydrogen) atoms. The average Bonchev–Trinajstić information content (AvgIpc) is 3.22. The minimum absolute atomic E-state index is 0.567. The van der Waals surface area contributed by atoms with Crippen LogP contribution in [0.4, 0.5) is 5.69 Å². The zero-order valence-corrected chi connectivity index (χ0v) is 12.7. The van der Waals surface area contributed by atoms with Crippen molar-refractivity contribution in [3.8, 4) is 11.3 Å². The second kappa shape index (κ2) is 4.93. The van der Waals surface area contributed by atoms with E-state index in [0.717, 1.165) is 21.7 Å². The molecule has 0 saturated heterocycles. The standard InChI is InChI=1S/C15H16BrN3/c1-19(2)12-7-5-10(6-8-12)13-9-14(16)18-15(17-13)11-3-4-11/h5-9,11H,3-4H2,1-2H3. The lowest BCUT2D eigenvalue weighted by Crippen LogP contribution is -2.08. The van der Waals surface area contributed by atoms with Crippen molar-refractivity contribution in [2.24, 2.45) is 0 Å². The first-order valence-electron chi connectivity index (χ1n) is 6.46. The molecule has 0 bridgehead atoms. The van der Waals surface area contributed by atoms with Gasteiger partial charge in [-0.3, -0.25) is 0 Å². The molecule has 1 aromatic heterocycles. The minimum atomic E-state index is 0.567. The van der Waals surface area contributed by atoms with Crippen LogP contribution in [0.1, 0.15) is 24.6 Å². The zero-order chi connectivity index (χ0) is 13.4. The lowest BCUT2D eigenvalue weighted by Gasteiger charge is -2.12. The van der Waals surface area contributed by atoms with E-state index in [2.05, 4.69) is 55.1 Å². The molecular formula is C15H16BrN3. The lowest BCUT2D eigenvalue weighted by atomic mass is 10.1. The van der Waals surface area contributed by atoms with Crippen LogP contribution in [0.5, 0.6) is 0 Å². The number of nitrogens with zero attached hydrogens (tertiary/aromatic N) is 3. The van der Waals surface area contributed by atoms with Gasteiger partial charge in [0.25, 0.3) is 0 Å². The molecule has 4 heteroatoms. The molecule has 1 heterocycles. The van der Waals surface area contributed by atoms with Gasteiger partial charge in [0.15, 0.2) is 0 Å². The van der Waals surface area contributed by atoms with E-state index in [4.69, 9.17) is 0 Å². The van der Waals surface area contributed by atoms with E-state index in [9.17, 15) is 0 Å². The molecule has 1 saturated carbocycles. The van der Waals surface area contributed by atoms with Crippen molar-refractivity contribution in [1.29, 1.82) is 0 Å². The van der Waals surface area contributed by atoms with Crippen LogP contribution in [-0.2, 0) is 0 Å². The zero-order valence-electron chi connectivity index (χ0n) is 11.1. The Kier molecular flexibility index (Phi) is 3.27. The quantitative estimate of drug-likeness (QED) is 0.805. The number of hydrogen-bond acceptors (Lipinski definition) is 3. The van der Waals surface area contributed by atoms with Crippen molar-refractivity contribution in [3.05, 3.63) is 40.8 Å². The molecule has 1 fully saturated rings. The molecule has 3 nitrogen and oxygen atoms in total. The maximum Gasteiger partial charge on any atom is 0.133 e. The largest absolute Gasteiger partial charge is 0.378 e. The van der Waals surface area contributed by atoms with Gasteiger partial charge in [-0.15, -0.1) is 0 Å². The highest BCUT2D eigenvalue weighted by molar-refractivity contribution is 9.10. The summed E-state index contributed by atoms with van der Waals surface area (Å²) in [5.74, 6) is 1.54. The van der Waals surface area contributed by atoms with Crippen molar-refractivity contribution in [2.75, 3.05) is 19.0 Å². The fourth-order valence-electron chi connectivity index (χ4n) is 2.04. The summed E-state index contributed by atoms with van der Waals surface area (Å²) in [6.45, 7) is 0. The van der Waals surface area contributed by atoms with Gasteiger partial charge in [-0.1, -0.05) is 12.1 Å². The predicted octanol–water partition coefficient (Wildman–Crippen LogP) is 3.85. The summed E-state index contributed by atoms with van der Waals surface area (Å²) in [7, 11) is 4.09. The van der Waals surface area contributed by atoms with Gasteiger partial charge in [0.05, 0.1) is 5.69 Å². The first-order chi connectivity index (χ1) is 9.13. The van der Waals surface area contributed by atoms with Gasteiger partial charge in [0, 0.05) is 31.3 Å². The molecule has 0 N–H and O–H groups in total. The van der Waals surface area contributed by atoms with E-state index in [1.54, 1.807) is 0 Å². The average molecular weight is 318 g/mol. The Labute approximate surface area is 121 Å². The second-order valence-corrected chi connectivity index (χ2v) is 5.96. The summed E-state index contributed by atoms with van der Waals surface area (Å²) in [6.07, 6.45) is 2.44. The van der Waals surface area contributed by atoms with Crippen LogP contribution in [0.25, 0.3) is 11.3 Å². The van der Waals surface area contributed by atoms with Gasteiger partial charge in [0.2, 0.25) is 0 Å². The molecule has 0 aliphatic heterocycles. The Morgan fingerprint density at radius 3 is 2.37 bits per heavy atom. The molecule has 98 valence electrons. The number of benzene rings is 1. The third-order valence-electron chi connectivity index (χ3n) is 3.33. The van der Waals surface area contributed by atoms with E-state index in [0.29, 0.717) is 5.92 Å². The van der Waals surface area contributed by atoms with Gasteiger partial charge >= 0.3 is 0 Å². The van der Waals surface area contributed by atoms with E-state index < -0.39 is 0 Å². The molecule has 0 amide bonds. The summed E-state index contributed by atoms with van der Waals surface area (Å²) in [4.78, 5) is 11.2. The first kappa shape index (κ1) is 12.6. The molecule has 0 atom stereocenters. The third-order valence-corrected chi connectivity index (χ3v) is 3.74. The van der Waals surface area contributed by atoms with Gasteiger partial charge in [-0.2, -0.15) is 0 Å². The predicted molar refractivity (Wildman–Crippen MR) is 81.5 cm³/mol. The Morgan fingerprint density at radius 2 is 1.79 bits per heavy atom. The number of anilines is 1. The maximum atomic E-state index is 4.69.